The third kappa shape index (κ3) is 2.31. The maximum atomic E-state index is 12.2. The van der Waals surface area contributed by atoms with E-state index in [1.165, 1.54) is 5.56 Å². The second-order valence-corrected chi connectivity index (χ2v) is 6.05. The normalized spacial score (nSPS) is 16.9. The molecule has 0 saturated heterocycles. The second-order valence-electron chi connectivity index (χ2n) is 5.19. The number of nitrogen functional groups attached to an aromatic ring is 1. The molecule has 0 radical (unpaired) electrons. The van der Waals surface area contributed by atoms with E-state index in [1.54, 1.807) is 0 Å². The molecule has 20 heavy (non-hydrogen) atoms. The third-order valence-electron chi connectivity index (χ3n) is 3.68. The van der Waals surface area contributed by atoms with Gasteiger partial charge in [0.2, 0.25) is 5.91 Å². The zero-order chi connectivity index (χ0) is 14.3. The molecule has 1 heterocycles. The Morgan fingerprint density at radius 3 is 2.65 bits per heavy atom. The Labute approximate surface area is 126 Å². The van der Waals surface area contributed by atoms with E-state index in [9.17, 15) is 4.79 Å². The van der Waals surface area contributed by atoms with Crippen molar-refractivity contribution in [1.82, 2.24) is 0 Å². The molecule has 4 heteroatoms. The van der Waals surface area contributed by atoms with Gasteiger partial charge in [-0.3, -0.25) is 4.79 Å². The summed E-state index contributed by atoms with van der Waals surface area (Å²) in [6, 6.07) is 12.1. The largest absolute Gasteiger partial charge is 0.398 e. The fourth-order valence-electron chi connectivity index (χ4n) is 2.53. The number of anilines is 2. The van der Waals surface area contributed by atoms with Crippen LogP contribution in [0.2, 0.25) is 0 Å². The van der Waals surface area contributed by atoms with Crippen LogP contribution in [0.15, 0.2) is 40.9 Å². The Morgan fingerprint density at radius 1 is 1.25 bits per heavy atom. The number of nitrogens with one attached hydrogen (secondary N) is 1. The molecule has 0 aromatic heterocycles. The van der Waals surface area contributed by atoms with Gasteiger partial charge in [-0.15, -0.1) is 0 Å². The van der Waals surface area contributed by atoms with Gasteiger partial charge >= 0.3 is 0 Å². The van der Waals surface area contributed by atoms with Crippen LogP contribution in [0.25, 0.3) is 0 Å². The summed E-state index contributed by atoms with van der Waals surface area (Å²) in [5.74, 6) is -0.109. The number of nitrogens with two attached hydrogens (primary N) is 1. The van der Waals surface area contributed by atoms with Crippen LogP contribution in [-0.4, -0.2) is 5.91 Å². The quantitative estimate of drug-likeness (QED) is 0.826. The van der Waals surface area contributed by atoms with Crippen molar-refractivity contribution in [3.05, 3.63) is 57.6 Å². The van der Waals surface area contributed by atoms with E-state index in [0.29, 0.717) is 12.1 Å². The topological polar surface area (TPSA) is 55.1 Å². The van der Waals surface area contributed by atoms with Crippen LogP contribution in [0, 0.1) is 6.92 Å². The van der Waals surface area contributed by atoms with Crippen molar-refractivity contribution >= 4 is 33.2 Å². The first kappa shape index (κ1) is 13.2. The van der Waals surface area contributed by atoms with Gasteiger partial charge in [-0.1, -0.05) is 29.8 Å². The highest BCUT2D eigenvalue weighted by molar-refractivity contribution is 9.10. The first-order valence-corrected chi connectivity index (χ1v) is 7.29. The van der Waals surface area contributed by atoms with Gasteiger partial charge in [-0.2, -0.15) is 0 Å². The van der Waals surface area contributed by atoms with Crippen molar-refractivity contribution in [2.75, 3.05) is 11.1 Å². The molecule has 3 nitrogen and oxygen atoms in total. The van der Waals surface area contributed by atoms with Crippen LogP contribution in [0.3, 0.4) is 0 Å². The van der Waals surface area contributed by atoms with E-state index in [4.69, 9.17) is 5.73 Å². The van der Waals surface area contributed by atoms with Crippen molar-refractivity contribution < 1.29 is 4.79 Å². The van der Waals surface area contributed by atoms with Gasteiger partial charge in [0.05, 0.1) is 5.92 Å². The molecule has 1 unspecified atom stereocenters. The zero-order valence-electron chi connectivity index (χ0n) is 11.1. The van der Waals surface area contributed by atoms with Crippen molar-refractivity contribution in [3.8, 4) is 0 Å². The Morgan fingerprint density at radius 2 is 1.95 bits per heavy atom. The fraction of sp³-hybridized carbons (Fsp3) is 0.188. The number of carbonyl (C=O) groups excluding carboxylic acids is 1. The summed E-state index contributed by atoms with van der Waals surface area (Å²) in [5, 5.41) is 2.91. The maximum absolute atomic E-state index is 12.2. The molecule has 0 aliphatic carbocycles. The van der Waals surface area contributed by atoms with Gasteiger partial charge < -0.3 is 11.1 Å². The molecule has 0 fully saturated rings. The first-order chi connectivity index (χ1) is 9.54. The number of hydrogen-bond acceptors (Lipinski definition) is 2. The van der Waals surface area contributed by atoms with E-state index < -0.39 is 0 Å². The van der Waals surface area contributed by atoms with Crippen LogP contribution in [0.4, 0.5) is 11.4 Å². The lowest BCUT2D eigenvalue weighted by Gasteiger charge is -2.10. The summed E-state index contributed by atoms with van der Waals surface area (Å²) in [6.45, 7) is 2.06. The van der Waals surface area contributed by atoms with Crippen LogP contribution < -0.4 is 11.1 Å². The van der Waals surface area contributed by atoms with Crippen molar-refractivity contribution in [2.45, 2.75) is 19.3 Å². The summed E-state index contributed by atoms with van der Waals surface area (Å²) in [6.07, 6.45) is 0.704. The summed E-state index contributed by atoms with van der Waals surface area (Å²) < 4.78 is 0.835. The lowest BCUT2D eigenvalue weighted by atomic mass is 9.93. The third-order valence-corrected chi connectivity index (χ3v) is 4.37. The monoisotopic (exact) mass is 330 g/mol. The summed E-state index contributed by atoms with van der Waals surface area (Å²) in [7, 11) is 0. The van der Waals surface area contributed by atoms with E-state index in [2.05, 4.69) is 52.4 Å². The molecule has 1 amide bonds. The van der Waals surface area contributed by atoms with Gasteiger partial charge in [0.25, 0.3) is 0 Å². The van der Waals surface area contributed by atoms with Crippen LogP contribution in [0.1, 0.15) is 22.6 Å². The SMILES string of the molecule is Cc1ccc(CC2C(=O)Nc3cc(N)c(Br)cc32)cc1. The molecule has 0 saturated carbocycles. The van der Waals surface area contributed by atoms with E-state index in [-0.39, 0.29) is 11.8 Å². The molecule has 2 aromatic rings. The molecular weight excluding hydrogens is 316 g/mol. The van der Waals surface area contributed by atoms with Gasteiger partial charge in [-0.05, 0) is 52.5 Å². The highest BCUT2D eigenvalue weighted by Crippen LogP contribution is 2.39. The average Bonchev–Trinajstić information content (AvgIpc) is 2.69. The number of hydrogen-bond donors (Lipinski definition) is 2. The summed E-state index contributed by atoms with van der Waals surface area (Å²) >= 11 is 3.43. The van der Waals surface area contributed by atoms with Crippen molar-refractivity contribution in [2.24, 2.45) is 0 Å². The first-order valence-electron chi connectivity index (χ1n) is 6.50. The minimum absolute atomic E-state index is 0.0399. The fourth-order valence-corrected chi connectivity index (χ4v) is 2.89. The lowest BCUT2D eigenvalue weighted by molar-refractivity contribution is -0.117. The van der Waals surface area contributed by atoms with Crippen molar-refractivity contribution in [3.63, 3.8) is 0 Å². The molecule has 2 aromatic carbocycles. The zero-order valence-corrected chi connectivity index (χ0v) is 12.7. The van der Waals surface area contributed by atoms with E-state index >= 15 is 0 Å². The lowest BCUT2D eigenvalue weighted by Crippen LogP contribution is -2.14. The Balaban J connectivity index is 1.94. The second kappa shape index (κ2) is 4.94. The van der Waals surface area contributed by atoms with Gasteiger partial charge in [0, 0.05) is 15.8 Å². The van der Waals surface area contributed by atoms with Crippen molar-refractivity contribution in [1.29, 1.82) is 0 Å². The number of amides is 1. The number of carbonyl (C=O) groups is 1. The molecule has 1 aliphatic heterocycles. The Bertz CT molecular complexity index is 680. The average molecular weight is 331 g/mol. The smallest absolute Gasteiger partial charge is 0.232 e. The van der Waals surface area contributed by atoms with Crippen LogP contribution in [0.5, 0.6) is 0 Å². The molecular formula is C16H15BrN2O. The van der Waals surface area contributed by atoms with E-state index in [0.717, 1.165) is 21.3 Å². The number of halogens is 1. The highest BCUT2D eigenvalue weighted by Gasteiger charge is 2.31. The molecule has 1 aliphatic rings. The standard InChI is InChI=1S/C16H15BrN2O/c1-9-2-4-10(5-3-9)6-12-11-7-13(17)14(18)8-15(11)19-16(12)20/h2-5,7-8,12H,6,18H2,1H3,(H,19,20). The molecule has 3 N–H and O–H groups in total. The summed E-state index contributed by atoms with van der Waals surface area (Å²) in [4.78, 5) is 12.2. The number of aryl methyl sites for hydroxylation is 1. The van der Waals surface area contributed by atoms with E-state index in [1.807, 2.05) is 12.1 Å². The Kier molecular flexibility index (Phi) is 3.26. The number of benzene rings is 2. The number of fused-ring (bicyclic) bond motifs is 1. The van der Waals surface area contributed by atoms with Gasteiger partial charge in [-0.25, -0.2) is 0 Å². The molecule has 3 rings (SSSR count). The molecule has 0 bridgehead atoms. The maximum Gasteiger partial charge on any atom is 0.232 e. The predicted octanol–water partition coefficient (Wildman–Crippen LogP) is 3.62. The predicted molar refractivity (Wildman–Crippen MR) is 84.8 cm³/mol. The molecule has 1 atom stereocenters. The Hall–Kier alpha value is -1.81. The van der Waals surface area contributed by atoms with Gasteiger partial charge in [0.1, 0.15) is 0 Å². The van der Waals surface area contributed by atoms with Crippen LogP contribution in [-0.2, 0) is 11.2 Å². The minimum atomic E-state index is -0.149. The highest BCUT2D eigenvalue weighted by atomic mass is 79.9. The van der Waals surface area contributed by atoms with Gasteiger partial charge in [0.15, 0.2) is 0 Å². The molecule has 102 valence electrons. The molecule has 0 spiro atoms. The van der Waals surface area contributed by atoms with Crippen LogP contribution >= 0.6 is 15.9 Å². The number of rotatable bonds is 2. The summed E-state index contributed by atoms with van der Waals surface area (Å²) in [5.41, 5.74) is 10.7. The minimum Gasteiger partial charge on any atom is -0.398 e.